The van der Waals surface area contributed by atoms with E-state index in [-0.39, 0.29) is 11.8 Å². The Labute approximate surface area is 174 Å². The average molecular weight is 408 g/mol. The third-order valence-electron chi connectivity index (χ3n) is 5.14. The van der Waals surface area contributed by atoms with Crippen LogP contribution in [0.15, 0.2) is 29.3 Å². The van der Waals surface area contributed by atoms with E-state index in [1.165, 1.54) is 5.56 Å². The quantitative estimate of drug-likeness (QED) is 0.375. The summed E-state index contributed by atoms with van der Waals surface area (Å²) in [6.45, 7) is 7.51. The highest BCUT2D eigenvalue weighted by Gasteiger charge is 2.22. The molecule has 0 atom stereocenters. The Morgan fingerprint density at radius 1 is 1.36 bits per heavy atom. The van der Waals surface area contributed by atoms with Gasteiger partial charge in [-0.15, -0.1) is 0 Å². The van der Waals surface area contributed by atoms with Crippen molar-refractivity contribution in [1.29, 1.82) is 0 Å². The number of hydrogen-bond acceptors (Lipinski definition) is 3. The zero-order valence-electron chi connectivity index (χ0n) is 17.2. The van der Waals surface area contributed by atoms with Crippen molar-refractivity contribution in [2.75, 3.05) is 39.8 Å². The van der Waals surface area contributed by atoms with Crippen LogP contribution >= 0.6 is 11.6 Å². The number of aliphatic imine (C=N–C) groups is 1. The monoisotopic (exact) mass is 407 g/mol. The number of primary amides is 1. The number of nitrogens with one attached hydrogen (secondary N) is 1. The van der Waals surface area contributed by atoms with Crippen molar-refractivity contribution < 1.29 is 4.79 Å². The number of likely N-dealkylation sites (tertiary alicyclic amines) is 1. The average Bonchev–Trinajstić information content (AvgIpc) is 2.67. The molecule has 0 radical (unpaired) electrons. The molecular weight excluding hydrogens is 374 g/mol. The summed E-state index contributed by atoms with van der Waals surface area (Å²) in [5.41, 5.74) is 6.56. The number of nitrogens with two attached hydrogens (primary N) is 1. The summed E-state index contributed by atoms with van der Waals surface area (Å²) in [4.78, 5) is 20.6. The van der Waals surface area contributed by atoms with Gasteiger partial charge in [0.2, 0.25) is 5.91 Å². The van der Waals surface area contributed by atoms with Crippen molar-refractivity contribution in [3.63, 3.8) is 0 Å². The predicted molar refractivity (Wildman–Crippen MR) is 116 cm³/mol. The van der Waals surface area contributed by atoms with Gasteiger partial charge in [0.1, 0.15) is 0 Å². The topological polar surface area (TPSA) is 74.0 Å². The summed E-state index contributed by atoms with van der Waals surface area (Å²) in [6, 6.07) is 7.93. The normalized spacial score (nSPS) is 16.2. The smallest absolute Gasteiger partial charge is 0.220 e. The number of halogens is 1. The molecule has 1 fully saturated rings. The van der Waals surface area contributed by atoms with Crippen molar-refractivity contribution >= 4 is 23.5 Å². The first-order valence-electron chi connectivity index (χ1n) is 10.2. The lowest BCUT2D eigenvalue weighted by Crippen LogP contribution is -2.39. The first kappa shape index (κ1) is 22.5. The Hall–Kier alpha value is -1.79. The van der Waals surface area contributed by atoms with Gasteiger partial charge in [-0.1, -0.05) is 23.7 Å². The van der Waals surface area contributed by atoms with E-state index < -0.39 is 0 Å². The molecule has 1 amide bonds. The van der Waals surface area contributed by atoms with Crippen LogP contribution in [0.2, 0.25) is 5.02 Å². The molecule has 1 aliphatic rings. The van der Waals surface area contributed by atoms with E-state index in [1.807, 2.05) is 25.2 Å². The summed E-state index contributed by atoms with van der Waals surface area (Å²) in [5.74, 6) is 0.843. The summed E-state index contributed by atoms with van der Waals surface area (Å²) >= 11 is 6.08. The first-order chi connectivity index (χ1) is 13.5. The van der Waals surface area contributed by atoms with Crippen LogP contribution < -0.4 is 11.1 Å². The number of piperidine rings is 1. The number of carbonyl (C=O) groups excluding carboxylic acids is 1. The molecule has 1 saturated heterocycles. The lowest BCUT2D eigenvalue weighted by atomic mass is 9.96. The van der Waals surface area contributed by atoms with Gasteiger partial charge in [-0.3, -0.25) is 9.79 Å². The van der Waals surface area contributed by atoms with Crippen LogP contribution in [0.3, 0.4) is 0 Å². The molecule has 7 heteroatoms. The van der Waals surface area contributed by atoms with Gasteiger partial charge in [0.15, 0.2) is 5.96 Å². The number of amides is 1. The van der Waals surface area contributed by atoms with Crippen LogP contribution in [0.5, 0.6) is 0 Å². The minimum Gasteiger partial charge on any atom is -0.369 e. The summed E-state index contributed by atoms with van der Waals surface area (Å²) in [5, 5.41) is 4.12. The Balaban J connectivity index is 1.72. The third-order valence-corrected chi connectivity index (χ3v) is 5.37. The molecule has 1 aromatic rings. The van der Waals surface area contributed by atoms with Crippen LogP contribution in [-0.4, -0.2) is 61.4 Å². The number of unbranched alkanes of at least 4 members (excludes halogenated alkanes) is 1. The van der Waals surface area contributed by atoms with E-state index in [0.717, 1.165) is 75.9 Å². The molecule has 28 heavy (non-hydrogen) atoms. The van der Waals surface area contributed by atoms with E-state index >= 15 is 0 Å². The highest BCUT2D eigenvalue weighted by molar-refractivity contribution is 6.30. The molecular formula is C21H34ClN5O. The Morgan fingerprint density at radius 2 is 2.11 bits per heavy atom. The molecule has 156 valence electrons. The maximum Gasteiger partial charge on any atom is 0.220 e. The van der Waals surface area contributed by atoms with Gasteiger partial charge >= 0.3 is 0 Å². The molecule has 1 heterocycles. The van der Waals surface area contributed by atoms with E-state index in [0.29, 0.717) is 0 Å². The minimum absolute atomic E-state index is 0.0681. The number of benzene rings is 1. The van der Waals surface area contributed by atoms with Crippen molar-refractivity contribution in [1.82, 2.24) is 15.1 Å². The van der Waals surface area contributed by atoms with Gasteiger partial charge in [-0.2, -0.15) is 0 Å². The molecule has 1 aromatic carbocycles. The molecule has 0 unspecified atom stereocenters. The van der Waals surface area contributed by atoms with E-state index in [2.05, 4.69) is 28.1 Å². The van der Waals surface area contributed by atoms with Crippen LogP contribution in [0.4, 0.5) is 0 Å². The Bertz CT molecular complexity index is 643. The van der Waals surface area contributed by atoms with Crippen LogP contribution in [-0.2, 0) is 11.3 Å². The van der Waals surface area contributed by atoms with Gasteiger partial charge in [-0.05, 0) is 69.9 Å². The fourth-order valence-corrected chi connectivity index (χ4v) is 3.74. The molecule has 0 aromatic heterocycles. The number of guanidine groups is 1. The van der Waals surface area contributed by atoms with Crippen molar-refractivity contribution in [3.05, 3.63) is 34.9 Å². The fraction of sp³-hybridized carbons (Fsp3) is 0.619. The van der Waals surface area contributed by atoms with E-state index in [9.17, 15) is 4.79 Å². The third kappa shape index (κ3) is 7.68. The Kier molecular flexibility index (Phi) is 9.58. The molecule has 0 bridgehead atoms. The lowest BCUT2D eigenvalue weighted by Gasteiger charge is -2.30. The standard InChI is InChI=1S/C21H34ClN5O/c1-3-24-21(26(2)16-17-7-6-8-19(22)15-17)25-11-4-5-12-27-13-9-18(10-14-27)20(23)28/h6-8,15,18H,3-5,9-14,16H2,1-2H3,(H2,23,28)(H,24,25). The molecule has 2 rings (SSSR count). The molecule has 3 N–H and O–H groups in total. The summed E-state index contributed by atoms with van der Waals surface area (Å²) < 4.78 is 0. The van der Waals surface area contributed by atoms with E-state index in [1.54, 1.807) is 0 Å². The lowest BCUT2D eigenvalue weighted by molar-refractivity contribution is -0.123. The Morgan fingerprint density at radius 3 is 2.75 bits per heavy atom. The van der Waals surface area contributed by atoms with Crippen molar-refractivity contribution in [2.24, 2.45) is 16.6 Å². The zero-order valence-corrected chi connectivity index (χ0v) is 17.9. The zero-order chi connectivity index (χ0) is 20.4. The van der Waals surface area contributed by atoms with Gasteiger partial charge in [0, 0.05) is 37.6 Å². The van der Waals surface area contributed by atoms with Gasteiger partial charge in [0.05, 0.1) is 0 Å². The second-order valence-corrected chi connectivity index (χ2v) is 7.88. The van der Waals surface area contributed by atoms with Crippen LogP contribution in [0, 0.1) is 5.92 Å². The second-order valence-electron chi connectivity index (χ2n) is 7.45. The SMILES string of the molecule is CCNC(=NCCCCN1CCC(C(N)=O)CC1)N(C)Cc1cccc(Cl)c1. The maximum atomic E-state index is 11.2. The summed E-state index contributed by atoms with van der Waals surface area (Å²) in [6.07, 6.45) is 3.95. The van der Waals surface area contributed by atoms with Crippen LogP contribution in [0.1, 0.15) is 38.2 Å². The largest absolute Gasteiger partial charge is 0.369 e. The number of hydrogen-bond donors (Lipinski definition) is 2. The highest BCUT2D eigenvalue weighted by Crippen LogP contribution is 2.17. The maximum absolute atomic E-state index is 11.2. The van der Waals surface area contributed by atoms with Crippen LogP contribution in [0.25, 0.3) is 0 Å². The van der Waals surface area contributed by atoms with Gasteiger partial charge < -0.3 is 20.9 Å². The number of nitrogens with zero attached hydrogens (tertiary/aromatic N) is 3. The highest BCUT2D eigenvalue weighted by atomic mass is 35.5. The first-order valence-corrected chi connectivity index (χ1v) is 10.6. The van der Waals surface area contributed by atoms with Gasteiger partial charge in [-0.25, -0.2) is 0 Å². The molecule has 1 aliphatic heterocycles. The van der Waals surface area contributed by atoms with E-state index in [4.69, 9.17) is 22.3 Å². The number of rotatable bonds is 9. The van der Waals surface area contributed by atoms with Crippen molar-refractivity contribution in [2.45, 2.75) is 39.2 Å². The molecule has 0 aliphatic carbocycles. The summed E-state index contributed by atoms with van der Waals surface area (Å²) in [7, 11) is 2.05. The fourth-order valence-electron chi connectivity index (χ4n) is 3.53. The molecule has 0 saturated carbocycles. The minimum atomic E-state index is -0.146. The predicted octanol–water partition coefficient (Wildman–Crippen LogP) is 2.71. The van der Waals surface area contributed by atoms with Gasteiger partial charge in [0.25, 0.3) is 0 Å². The van der Waals surface area contributed by atoms with Crippen molar-refractivity contribution in [3.8, 4) is 0 Å². The second kappa shape index (κ2) is 11.9. The molecule has 0 spiro atoms. The number of carbonyl (C=O) groups is 1. The molecule has 6 nitrogen and oxygen atoms in total.